The predicted molar refractivity (Wildman–Crippen MR) is 37.8 cm³/mol. The molecule has 1 rings (SSSR count). The summed E-state index contributed by atoms with van der Waals surface area (Å²) in [7, 11) is 0. The van der Waals surface area contributed by atoms with Crippen LogP contribution in [0, 0.1) is 0 Å². The van der Waals surface area contributed by atoms with Crippen LogP contribution in [0.15, 0.2) is 6.07 Å². The molecule has 5 N–H and O–H groups in total. The number of nitrogen functional groups attached to an aromatic ring is 2. The molecule has 0 atom stereocenters. The number of nitrogens with zero attached hydrogens (tertiary/aromatic N) is 2. The molecule has 0 saturated heterocycles. The van der Waals surface area contributed by atoms with E-state index in [9.17, 15) is 4.79 Å². The molecule has 0 saturated carbocycles. The smallest absolute Gasteiger partial charge is 0.356 e. The third kappa shape index (κ3) is 1.34. The van der Waals surface area contributed by atoms with E-state index < -0.39 is 5.97 Å². The highest BCUT2D eigenvalue weighted by atomic mass is 16.4. The van der Waals surface area contributed by atoms with E-state index in [1.165, 1.54) is 0 Å². The number of hydrogen-bond acceptors (Lipinski definition) is 5. The van der Waals surface area contributed by atoms with Crippen LogP contribution in [0.4, 0.5) is 11.5 Å². The molecule has 0 aromatic carbocycles. The molecule has 0 aliphatic rings. The van der Waals surface area contributed by atoms with Crippen molar-refractivity contribution in [3.05, 3.63) is 11.8 Å². The minimum Gasteiger partial charge on any atom is -0.476 e. The molecule has 11 heavy (non-hydrogen) atoms. The molecule has 1 aromatic rings. The Labute approximate surface area is 61.8 Å². The summed E-state index contributed by atoms with van der Waals surface area (Å²) in [5.74, 6) is -1.14. The van der Waals surface area contributed by atoms with Crippen molar-refractivity contribution in [1.29, 1.82) is 0 Å². The van der Waals surface area contributed by atoms with Gasteiger partial charge in [0, 0.05) is 0 Å². The van der Waals surface area contributed by atoms with E-state index in [4.69, 9.17) is 16.6 Å². The lowest BCUT2D eigenvalue weighted by molar-refractivity contribution is 0.0689. The van der Waals surface area contributed by atoms with Crippen LogP contribution in [0.3, 0.4) is 0 Å². The van der Waals surface area contributed by atoms with E-state index in [2.05, 4.69) is 10.2 Å². The van der Waals surface area contributed by atoms with Gasteiger partial charge in [-0.1, -0.05) is 0 Å². The molecule has 6 heteroatoms. The van der Waals surface area contributed by atoms with Crippen LogP contribution >= 0.6 is 0 Å². The van der Waals surface area contributed by atoms with E-state index in [0.29, 0.717) is 0 Å². The highest BCUT2D eigenvalue weighted by Crippen LogP contribution is 2.09. The van der Waals surface area contributed by atoms with E-state index in [1.54, 1.807) is 0 Å². The summed E-state index contributed by atoms with van der Waals surface area (Å²) in [5.41, 5.74) is 10.4. The Bertz CT molecular complexity index is 299. The molecular formula is C5H6N4O2. The van der Waals surface area contributed by atoms with Gasteiger partial charge < -0.3 is 16.6 Å². The first-order valence-corrected chi connectivity index (χ1v) is 2.73. The number of carboxylic acids is 1. The molecule has 1 heterocycles. The van der Waals surface area contributed by atoms with Gasteiger partial charge >= 0.3 is 5.97 Å². The highest BCUT2D eigenvalue weighted by Gasteiger charge is 2.06. The molecule has 6 nitrogen and oxygen atoms in total. The molecule has 0 amide bonds. The lowest BCUT2D eigenvalue weighted by atomic mass is 10.3. The maximum Gasteiger partial charge on any atom is 0.356 e. The molecule has 0 unspecified atom stereocenters. The predicted octanol–water partition coefficient (Wildman–Crippen LogP) is -0.661. The zero-order valence-electron chi connectivity index (χ0n) is 5.48. The minimum absolute atomic E-state index is 0.0370. The normalized spacial score (nSPS) is 9.45. The summed E-state index contributed by atoms with van der Waals surface area (Å²) in [5, 5.41) is 15.0. The summed E-state index contributed by atoms with van der Waals surface area (Å²) in [6, 6.07) is 1.16. The maximum absolute atomic E-state index is 10.3. The Hall–Kier alpha value is -1.85. The Balaban J connectivity index is 3.15. The van der Waals surface area contributed by atoms with Crippen LogP contribution in [0.2, 0.25) is 0 Å². The third-order valence-electron chi connectivity index (χ3n) is 1.07. The number of aromatic carboxylic acids is 1. The highest BCUT2D eigenvalue weighted by molar-refractivity contribution is 5.86. The van der Waals surface area contributed by atoms with Gasteiger partial charge in [0.15, 0.2) is 11.5 Å². The first-order chi connectivity index (χ1) is 5.11. The Kier molecular flexibility index (Phi) is 1.59. The van der Waals surface area contributed by atoms with Crippen molar-refractivity contribution < 1.29 is 9.90 Å². The first kappa shape index (κ1) is 7.26. The monoisotopic (exact) mass is 154 g/mol. The lowest BCUT2D eigenvalue weighted by Gasteiger charge is -1.96. The number of carbonyl (C=O) groups is 1. The van der Waals surface area contributed by atoms with E-state index >= 15 is 0 Å². The number of hydrogen-bond donors (Lipinski definition) is 3. The average Bonchev–Trinajstić information content (AvgIpc) is 1.94. The standard InChI is InChI=1S/C5H6N4O2/c6-2-1-3(5(10)11)8-9-4(2)7/h1H,(H2,6,8)(H2,7,9)(H,10,11). The van der Waals surface area contributed by atoms with Gasteiger partial charge in [0.05, 0.1) is 5.69 Å². The minimum atomic E-state index is -1.18. The number of rotatable bonds is 1. The van der Waals surface area contributed by atoms with Crippen LogP contribution in [0.5, 0.6) is 0 Å². The van der Waals surface area contributed by atoms with Crippen molar-refractivity contribution in [3.8, 4) is 0 Å². The SMILES string of the molecule is Nc1cc(C(=O)O)nnc1N. The van der Waals surface area contributed by atoms with Crippen LogP contribution < -0.4 is 11.5 Å². The van der Waals surface area contributed by atoms with E-state index in [1.807, 2.05) is 0 Å². The summed E-state index contributed by atoms with van der Waals surface area (Å²) in [6.07, 6.45) is 0. The second-order valence-corrected chi connectivity index (χ2v) is 1.88. The van der Waals surface area contributed by atoms with Gasteiger partial charge in [-0.3, -0.25) is 0 Å². The summed E-state index contributed by atoms with van der Waals surface area (Å²) in [4.78, 5) is 10.3. The van der Waals surface area contributed by atoms with Gasteiger partial charge in [-0.25, -0.2) is 4.79 Å². The molecule has 0 aliphatic carbocycles. The zero-order valence-corrected chi connectivity index (χ0v) is 5.48. The molecule has 1 aromatic heterocycles. The van der Waals surface area contributed by atoms with Crippen LogP contribution in [-0.2, 0) is 0 Å². The number of anilines is 2. The van der Waals surface area contributed by atoms with Crippen LogP contribution in [0.25, 0.3) is 0 Å². The van der Waals surface area contributed by atoms with Gasteiger partial charge in [-0.2, -0.15) is 0 Å². The van der Waals surface area contributed by atoms with Gasteiger partial charge in [0.2, 0.25) is 0 Å². The zero-order chi connectivity index (χ0) is 8.43. The summed E-state index contributed by atoms with van der Waals surface area (Å²) in [6.45, 7) is 0. The molecule has 0 aliphatic heterocycles. The van der Waals surface area contributed by atoms with Gasteiger partial charge in [0.25, 0.3) is 0 Å². The van der Waals surface area contributed by atoms with Crippen molar-refractivity contribution in [2.75, 3.05) is 11.5 Å². The second kappa shape index (κ2) is 2.41. The van der Waals surface area contributed by atoms with E-state index in [0.717, 1.165) is 6.07 Å². The first-order valence-electron chi connectivity index (χ1n) is 2.73. The van der Waals surface area contributed by atoms with Crippen molar-refractivity contribution in [2.45, 2.75) is 0 Å². The topological polar surface area (TPSA) is 115 Å². The fourth-order valence-electron chi connectivity index (χ4n) is 0.520. The fourth-order valence-corrected chi connectivity index (χ4v) is 0.520. The van der Waals surface area contributed by atoms with Crippen LogP contribution in [-0.4, -0.2) is 21.3 Å². The molecule has 0 radical (unpaired) electrons. The molecule has 0 spiro atoms. The number of nitrogens with two attached hydrogens (primary N) is 2. The Morgan fingerprint density at radius 3 is 2.55 bits per heavy atom. The van der Waals surface area contributed by atoms with Crippen molar-refractivity contribution >= 4 is 17.5 Å². The van der Waals surface area contributed by atoms with Crippen LogP contribution in [0.1, 0.15) is 10.5 Å². The van der Waals surface area contributed by atoms with Gasteiger partial charge in [-0.05, 0) is 6.07 Å². The van der Waals surface area contributed by atoms with Crippen molar-refractivity contribution in [2.24, 2.45) is 0 Å². The maximum atomic E-state index is 10.3. The average molecular weight is 154 g/mol. The Morgan fingerprint density at radius 2 is 2.09 bits per heavy atom. The molecule has 58 valence electrons. The largest absolute Gasteiger partial charge is 0.476 e. The molecule has 0 fully saturated rings. The quantitative estimate of drug-likeness (QED) is 0.494. The van der Waals surface area contributed by atoms with Gasteiger partial charge in [0.1, 0.15) is 0 Å². The second-order valence-electron chi connectivity index (χ2n) is 1.88. The molecule has 0 bridgehead atoms. The van der Waals surface area contributed by atoms with Crippen molar-refractivity contribution in [1.82, 2.24) is 10.2 Å². The summed E-state index contributed by atoms with van der Waals surface area (Å²) < 4.78 is 0. The fraction of sp³-hybridized carbons (Fsp3) is 0. The Morgan fingerprint density at radius 1 is 1.45 bits per heavy atom. The molecular weight excluding hydrogens is 148 g/mol. The number of carboxylic acid groups (broad SMARTS) is 1. The lowest BCUT2D eigenvalue weighted by Crippen LogP contribution is -2.06. The third-order valence-corrected chi connectivity index (χ3v) is 1.07. The summed E-state index contributed by atoms with van der Waals surface area (Å²) >= 11 is 0. The van der Waals surface area contributed by atoms with E-state index in [-0.39, 0.29) is 17.2 Å². The number of aromatic nitrogens is 2. The van der Waals surface area contributed by atoms with Crippen molar-refractivity contribution in [3.63, 3.8) is 0 Å². The van der Waals surface area contributed by atoms with Gasteiger partial charge in [-0.15, -0.1) is 10.2 Å².